The Bertz CT molecular complexity index is 261. The van der Waals surface area contributed by atoms with Crippen molar-refractivity contribution in [2.24, 2.45) is 0 Å². The molecule has 0 aromatic heterocycles. The summed E-state index contributed by atoms with van der Waals surface area (Å²) in [5.74, 6) is -0.758. The highest BCUT2D eigenvalue weighted by atomic mass is 16.5. The lowest BCUT2D eigenvalue weighted by Crippen LogP contribution is -2.50. The van der Waals surface area contributed by atoms with Crippen molar-refractivity contribution < 1.29 is 14.6 Å². The number of nitrogens with one attached hydrogen (secondary N) is 1. The number of likely N-dealkylation sites (N-methyl/N-ethyl adjacent to an activating group) is 1. The zero-order valence-electron chi connectivity index (χ0n) is 11.7. The molecule has 5 nitrogen and oxygen atoms in total. The second-order valence-electron chi connectivity index (χ2n) is 4.94. The molecule has 0 aromatic carbocycles. The third-order valence-corrected chi connectivity index (χ3v) is 3.51. The minimum Gasteiger partial charge on any atom is -0.480 e. The van der Waals surface area contributed by atoms with E-state index in [1.54, 1.807) is 0 Å². The van der Waals surface area contributed by atoms with Crippen LogP contribution in [0.15, 0.2) is 0 Å². The first-order valence-electron chi connectivity index (χ1n) is 6.90. The van der Waals surface area contributed by atoms with Crippen LogP contribution in [0.3, 0.4) is 0 Å². The molecule has 0 bridgehead atoms. The van der Waals surface area contributed by atoms with E-state index in [-0.39, 0.29) is 6.10 Å². The molecule has 1 saturated heterocycles. The molecule has 1 heterocycles. The Hall–Kier alpha value is -0.650. The molecule has 5 heteroatoms. The number of aliphatic carboxylic acids is 1. The van der Waals surface area contributed by atoms with Gasteiger partial charge < -0.3 is 15.2 Å². The Morgan fingerprint density at radius 2 is 2.28 bits per heavy atom. The lowest BCUT2D eigenvalue weighted by Gasteiger charge is -2.38. The molecule has 106 valence electrons. The van der Waals surface area contributed by atoms with Crippen LogP contribution in [0.4, 0.5) is 0 Å². The molecule has 0 spiro atoms. The summed E-state index contributed by atoms with van der Waals surface area (Å²) in [5.41, 5.74) is 0. The van der Waals surface area contributed by atoms with E-state index in [1.165, 1.54) is 0 Å². The van der Waals surface area contributed by atoms with Gasteiger partial charge in [0.2, 0.25) is 0 Å². The normalized spacial score (nSPS) is 27.1. The molecule has 1 fully saturated rings. The number of nitrogens with zero attached hydrogens (tertiary/aromatic N) is 1. The largest absolute Gasteiger partial charge is 0.480 e. The number of ether oxygens (including phenoxy) is 1. The van der Waals surface area contributed by atoms with Gasteiger partial charge in [0, 0.05) is 19.1 Å². The van der Waals surface area contributed by atoms with E-state index >= 15 is 0 Å². The summed E-state index contributed by atoms with van der Waals surface area (Å²) >= 11 is 0. The van der Waals surface area contributed by atoms with Gasteiger partial charge in [-0.05, 0) is 26.3 Å². The van der Waals surface area contributed by atoms with Crippen molar-refractivity contribution >= 4 is 5.97 Å². The van der Waals surface area contributed by atoms with E-state index in [2.05, 4.69) is 24.1 Å². The van der Waals surface area contributed by atoms with Crippen LogP contribution in [0.2, 0.25) is 0 Å². The number of morpholine rings is 1. The van der Waals surface area contributed by atoms with Gasteiger partial charge in [-0.25, -0.2) is 0 Å². The third-order valence-electron chi connectivity index (χ3n) is 3.51. The number of carboxylic acids is 1. The van der Waals surface area contributed by atoms with Crippen molar-refractivity contribution in [3.05, 3.63) is 0 Å². The lowest BCUT2D eigenvalue weighted by molar-refractivity contribution is -0.140. The zero-order valence-corrected chi connectivity index (χ0v) is 11.7. The molecule has 0 saturated carbocycles. The fourth-order valence-electron chi connectivity index (χ4n) is 2.42. The Morgan fingerprint density at radius 1 is 1.56 bits per heavy atom. The van der Waals surface area contributed by atoms with E-state index in [1.807, 2.05) is 6.92 Å². The first kappa shape index (κ1) is 15.4. The highest BCUT2D eigenvalue weighted by Gasteiger charge is 2.26. The smallest absolute Gasteiger partial charge is 0.320 e. The van der Waals surface area contributed by atoms with E-state index in [4.69, 9.17) is 9.84 Å². The van der Waals surface area contributed by atoms with Gasteiger partial charge in [-0.15, -0.1) is 0 Å². The van der Waals surface area contributed by atoms with Crippen molar-refractivity contribution in [3.63, 3.8) is 0 Å². The van der Waals surface area contributed by atoms with Crippen molar-refractivity contribution in [2.75, 3.05) is 26.2 Å². The molecule has 2 N–H and O–H groups in total. The molecule has 0 aromatic rings. The number of carbonyl (C=O) groups is 1. The third kappa shape index (κ3) is 4.55. The summed E-state index contributed by atoms with van der Waals surface area (Å²) in [7, 11) is 0. The summed E-state index contributed by atoms with van der Waals surface area (Å²) in [6.45, 7) is 9.31. The fourth-order valence-corrected chi connectivity index (χ4v) is 2.42. The molecule has 0 aliphatic carbocycles. The molecule has 0 amide bonds. The van der Waals surface area contributed by atoms with Crippen LogP contribution in [0.5, 0.6) is 0 Å². The summed E-state index contributed by atoms with van der Waals surface area (Å²) in [6.07, 6.45) is 1.94. The Morgan fingerprint density at radius 3 is 2.83 bits per heavy atom. The quantitative estimate of drug-likeness (QED) is 0.711. The van der Waals surface area contributed by atoms with Gasteiger partial charge in [-0.3, -0.25) is 9.69 Å². The minimum atomic E-state index is -0.758. The molecular weight excluding hydrogens is 232 g/mol. The average Bonchev–Trinajstić information content (AvgIpc) is 2.34. The predicted molar refractivity (Wildman–Crippen MR) is 70.8 cm³/mol. The second kappa shape index (κ2) is 7.71. The van der Waals surface area contributed by atoms with Crippen molar-refractivity contribution in [3.8, 4) is 0 Å². The number of hydrogen-bond acceptors (Lipinski definition) is 4. The summed E-state index contributed by atoms with van der Waals surface area (Å²) in [5, 5.41) is 12.1. The van der Waals surface area contributed by atoms with Crippen LogP contribution in [0.1, 0.15) is 33.6 Å². The molecule has 3 atom stereocenters. The van der Waals surface area contributed by atoms with Crippen LogP contribution >= 0.6 is 0 Å². The molecule has 18 heavy (non-hydrogen) atoms. The Balaban J connectivity index is 2.45. The highest BCUT2D eigenvalue weighted by Crippen LogP contribution is 2.15. The fraction of sp³-hybridized carbons (Fsp3) is 0.923. The topological polar surface area (TPSA) is 61.8 Å². The SMILES string of the molecule is CCNC(CCN1CC(C)OCC1CC)C(=O)O. The van der Waals surface area contributed by atoms with Gasteiger partial charge in [-0.1, -0.05) is 13.8 Å². The van der Waals surface area contributed by atoms with Crippen molar-refractivity contribution in [1.29, 1.82) is 0 Å². The van der Waals surface area contributed by atoms with Gasteiger partial charge in [0.1, 0.15) is 6.04 Å². The lowest BCUT2D eigenvalue weighted by atomic mass is 10.1. The molecule has 1 rings (SSSR count). The Kier molecular flexibility index (Phi) is 6.60. The summed E-state index contributed by atoms with van der Waals surface area (Å²) < 4.78 is 5.64. The van der Waals surface area contributed by atoms with Gasteiger partial charge in [0.15, 0.2) is 0 Å². The van der Waals surface area contributed by atoms with Crippen molar-refractivity contribution in [2.45, 2.75) is 51.8 Å². The van der Waals surface area contributed by atoms with Gasteiger partial charge >= 0.3 is 5.97 Å². The van der Waals surface area contributed by atoms with E-state index < -0.39 is 12.0 Å². The van der Waals surface area contributed by atoms with Crippen LogP contribution in [0, 0.1) is 0 Å². The molecule has 0 radical (unpaired) electrons. The van der Waals surface area contributed by atoms with E-state index in [0.29, 0.717) is 19.0 Å². The second-order valence-corrected chi connectivity index (χ2v) is 4.94. The average molecular weight is 258 g/mol. The molecular formula is C13H26N2O3. The summed E-state index contributed by atoms with van der Waals surface area (Å²) in [4.78, 5) is 13.4. The van der Waals surface area contributed by atoms with Gasteiger partial charge in [-0.2, -0.15) is 0 Å². The van der Waals surface area contributed by atoms with Crippen LogP contribution in [-0.4, -0.2) is 60.4 Å². The predicted octanol–water partition coefficient (Wildman–Crippen LogP) is 0.939. The molecule has 1 aliphatic rings. The number of hydrogen-bond donors (Lipinski definition) is 2. The first-order valence-corrected chi connectivity index (χ1v) is 6.90. The van der Waals surface area contributed by atoms with Crippen molar-refractivity contribution in [1.82, 2.24) is 10.2 Å². The van der Waals surface area contributed by atoms with Crippen LogP contribution in [0.25, 0.3) is 0 Å². The molecule has 1 aliphatic heterocycles. The van der Waals surface area contributed by atoms with Gasteiger partial charge in [0.25, 0.3) is 0 Å². The van der Waals surface area contributed by atoms with Crippen LogP contribution in [-0.2, 0) is 9.53 Å². The minimum absolute atomic E-state index is 0.246. The Labute approximate surface area is 109 Å². The van der Waals surface area contributed by atoms with E-state index in [0.717, 1.165) is 26.1 Å². The summed E-state index contributed by atoms with van der Waals surface area (Å²) in [6, 6.07) is -0.0112. The standard InChI is InChI=1S/C13H26N2O3/c1-4-11-9-18-10(3)8-15(11)7-6-12(13(16)17)14-5-2/h10-12,14H,4-9H2,1-3H3,(H,16,17). The molecule has 3 unspecified atom stereocenters. The first-order chi connectivity index (χ1) is 8.58. The van der Waals surface area contributed by atoms with Crippen LogP contribution < -0.4 is 5.32 Å². The van der Waals surface area contributed by atoms with Gasteiger partial charge in [0.05, 0.1) is 12.7 Å². The monoisotopic (exact) mass is 258 g/mol. The maximum absolute atomic E-state index is 11.1. The highest BCUT2D eigenvalue weighted by molar-refractivity contribution is 5.73. The van der Waals surface area contributed by atoms with E-state index in [9.17, 15) is 4.79 Å². The maximum atomic E-state index is 11.1. The number of rotatable bonds is 7. The number of carboxylic acid groups (broad SMARTS) is 1. The zero-order chi connectivity index (χ0) is 13.5. The maximum Gasteiger partial charge on any atom is 0.320 e.